The Kier molecular flexibility index (Phi) is 8.21. The Hall–Kier alpha value is -5.08. The van der Waals surface area contributed by atoms with Crippen molar-refractivity contribution in [2.45, 2.75) is 109 Å². The van der Waals surface area contributed by atoms with E-state index in [2.05, 4.69) is 185 Å². The minimum Gasteiger partial charge on any atom is -0.337 e. The number of allylic oxidation sites excluding steroid dienone is 10. The maximum Gasteiger partial charge on any atom is 0.0461 e. The van der Waals surface area contributed by atoms with Crippen molar-refractivity contribution < 1.29 is 0 Å². The molecule has 1 heterocycles. The summed E-state index contributed by atoms with van der Waals surface area (Å²) < 4.78 is 0. The first-order valence-corrected chi connectivity index (χ1v) is 22.3. The maximum atomic E-state index is 2.66. The minimum atomic E-state index is -0.0127. The number of benzene rings is 4. The number of fused-ring (bicyclic) bond motifs is 8. The predicted octanol–water partition coefficient (Wildman–Crippen LogP) is 14.5. The third kappa shape index (κ3) is 5.29. The van der Waals surface area contributed by atoms with Crippen molar-refractivity contribution in [1.29, 1.82) is 0 Å². The van der Waals surface area contributed by atoms with Crippen LogP contribution in [-0.4, -0.2) is 6.04 Å². The van der Waals surface area contributed by atoms with Gasteiger partial charge in [-0.3, -0.25) is 0 Å². The fourth-order valence-electron chi connectivity index (χ4n) is 12.9. The number of anilines is 3. The molecule has 0 radical (unpaired) electrons. The molecule has 2 heteroatoms. The molecule has 4 aromatic rings. The van der Waals surface area contributed by atoms with Crippen LogP contribution >= 0.6 is 0 Å². The van der Waals surface area contributed by atoms with Crippen LogP contribution in [0.1, 0.15) is 125 Å². The Morgan fingerprint density at radius 1 is 0.724 bits per heavy atom. The van der Waals surface area contributed by atoms with Crippen LogP contribution in [0, 0.1) is 17.8 Å². The summed E-state index contributed by atoms with van der Waals surface area (Å²) in [5.74, 6) is 2.38. The second kappa shape index (κ2) is 13.2. The van der Waals surface area contributed by atoms with E-state index in [4.69, 9.17) is 0 Å². The first-order valence-electron chi connectivity index (χ1n) is 22.3. The highest BCUT2D eigenvalue weighted by Crippen LogP contribution is 2.59. The number of hydrogen-bond donors (Lipinski definition) is 0. The normalized spacial score (nSPS) is 28.1. The van der Waals surface area contributed by atoms with E-state index in [0.717, 1.165) is 38.5 Å². The summed E-state index contributed by atoms with van der Waals surface area (Å²) in [5.41, 5.74) is 20.3. The van der Waals surface area contributed by atoms with Crippen molar-refractivity contribution in [2.24, 2.45) is 17.8 Å². The number of nitrogens with zero attached hydrogens (tertiary/aromatic N) is 2. The lowest BCUT2D eigenvalue weighted by atomic mass is 9.67. The second-order valence-electron chi connectivity index (χ2n) is 19.6. The Morgan fingerprint density at radius 2 is 1.48 bits per heavy atom. The molecule has 11 rings (SSSR count). The Labute approximate surface area is 347 Å². The van der Waals surface area contributed by atoms with Gasteiger partial charge < -0.3 is 9.80 Å². The maximum absolute atomic E-state index is 2.66. The number of para-hydroxylation sites is 1. The van der Waals surface area contributed by atoms with Gasteiger partial charge in [0.25, 0.3) is 0 Å². The van der Waals surface area contributed by atoms with E-state index in [-0.39, 0.29) is 10.8 Å². The van der Waals surface area contributed by atoms with E-state index in [9.17, 15) is 0 Å². The summed E-state index contributed by atoms with van der Waals surface area (Å²) in [6.45, 7) is 14.8. The summed E-state index contributed by atoms with van der Waals surface area (Å²) in [7, 11) is 0. The molecule has 7 aliphatic rings. The van der Waals surface area contributed by atoms with Crippen molar-refractivity contribution >= 4 is 28.2 Å². The van der Waals surface area contributed by atoms with Gasteiger partial charge in [-0.05, 0) is 154 Å². The monoisotopic (exact) mass is 758 g/mol. The molecule has 292 valence electrons. The highest BCUT2D eigenvalue weighted by molar-refractivity contribution is 5.86. The fourth-order valence-corrected chi connectivity index (χ4v) is 12.9. The predicted molar refractivity (Wildman–Crippen MR) is 245 cm³/mol. The van der Waals surface area contributed by atoms with Crippen molar-refractivity contribution in [3.63, 3.8) is 0 Å². The van der Waals surface area contributed by atoms with Gasteiger partial charge in [-0.25, -0.2) is 0 Å². The van der Waals surface area contributed by atoms with Crippen LogP contribution in [0.4, 0.5) is 17.1 Å². The molecule has 2 nitrogen and oxygen atoms in total. The highest BCUT2D eigenvalue weighted by atomic mass is 15.2. The molecule has 4 aromatic carbocycles. The molecule has 6 aliphatic carbocycles. The molecule has 0 saturated carbocycles. The van der Waals surface area contributed by atoms with E-state index >= 15 is 0 Å². The molecule has 0 fully saturated rings. The largest absolute Gasteiger partial charge is 0.337 e. The van der Waals surface area contributed by atoms with Gasteiger partial charge in [0.05, 0.1) is 0 Å². The van der Waals surface area contributed by atoms with Crippen LogP contribution in [0.3, 0.4) is 0 Å². The van der Waals surface area contributed by atoms with Crippen LogP contribution in [0.15, 0.2) is 150 Å². The molecule has 0 N–H and O–H groups in total. The minimum absolute atomic E-state index is 0.0127. The lowest BCUT2D eigenvalue weighted by molar-refractivity contribution is 0.256. The summed E-state index contributed by atoms with van der Waals surface area (Å²) >= 11 is 0. The molecule has 0 aromatic heterocycles. The van der Waals surface area contributed by atoms with Gasteiger partial charge in [0.15, 0.2) is 0 Å². The SMILES string of the molecule is CC1CC2C(C=C1c1ccc(N(C3=C[C@H](C)C4c5ccccc5C(C)(C)C4C3)c3ccc4c(c3)C(C)(C)C3=C4CCC=C3)cc1)c1ccccc1N2C1=CCCC=C1. The van der Waals surface area contributed by atoms with E-state index in [1.807, 2.05) is 0 Å². The molecule has 0 amide bonds. The van der Waals surface area contributed by atoms with Gasteiger partial charge >= 0.3 is 0 Å². The lowest BCUT2D eigenvalue weighted by Gasteiger charge is -2.41. The summed E-state index contributed by atoms with van der Waals surface area (Å²) in [6.07, 6.45) is 24.0. The third-order valence-corrected chi connectivity index (χ3v) is 15.7. The van der Waals surface area contributed by atoms with Crippen molar-refractivity contribution in [2.75, 3.05) is 9.80 Å². The first kappa shape index (κ1) is 36.0. The lowest BCUT2D eigenvalue weighted by Crippen LogP contribution is -2.36. The molecule has 0 saturated heterocycles. The second-order valence-corrected chi connectivity index (χ2v) is 19.6. The van der Waals surface area contributed by atoms with E-state index < -0.39 is 0 Å². The van der Waals surface area contributed by atoms with Gasteiger partial charge in [-0.2, -0.15) is 0 Å². The smallest absolute Gasteiger partial charge is 0.0461 e. The molecule has 58 heavy (non-hydrogen) atoms. The molecular weight excluding hydrogens is 701 g/mol. The van der Waals surface area contributed by atoms with E-state index in [0.29, 0.717) is 35.6 Å². The van der Waals surface area contributed by atoms with Crippen LogP contribution in [0.2, 0.25) is 0 Å². The summed E-state index contributed by atoms with van der Waals surface area (Å²) in [6, 6.07) is 36.1. The zero-order valence-electron chi connectivity index (χ0n) is 35.3. The molecule has 6 atom stereocenters. The van der Waals surface area contributed by atoms with Crippen molar-refractivity contribution in [3.05, 3.63) is 184 Å². The quantitative estimate of drug-likeness (QED) is 0.200. The summed E-state index contributed by atoms with van der Waals surface area (Å²) in [4.78, 5) is 5.30. The standard InChI is InChI=1S/C56H58N2/c1-35-31-53-47(44-19-12-15-23-52(44)58(53)38-16-8-7-9-17-38)34-46(35)37-24-26-39(27-25-37)57(40-28-29-43-42-18-10-13-21-48(42)55(3,4)50(43)32-40)41-30-36(2)54-45-20-11-14-22-49(45)56(5,6)51(54)33-41/h8,11-17,19-30,32,34-36,47,51,53-54H,7,9-10,18,31,33H2,1-6H3/t35?,36-,47?,51?,53?,54?/m0/s1. The average Bonchev–Trinajstić information content (AvgIpc) is 3.77. The van der Waals surface area contributed by atoms with Crippen LogP contribution in [0.25, 0.3) is 11.1 Å². The zero-order chi connectivity index (χ0) is 39.5. The third-order valence-electron chi connectivity index (χ3n) is 15.7. The molecule has 5 unspecified atom stereocenters. The van der Waals surface area contributed by atoms with E-state index in [1.165, 1.54) is 61.9 Å². The van der Waals surface area contributed by atoms with Crippen molar-refractivity contribution in [3.8, 4) is 0 Å². The zero-order valence-corrected chi connectivity index (χ0v) is 35.3. The first-order chi connectivity index (χ1) is 28.1. The van der Waals surface area contributed by atoms with Gasteiger partial charge in [-0.15, -0.1) is 0 Å². The van der Waals surface area contributed by atoms with Gasteiger partial charge in [0.1, 0.15) is 0 Å². The number of hydrogen-bond acceptors (Lipinski definition) is 2. The number of rotatable bonds is 5. The Bertz CT molecular complexity index is 2530. The molecule has 0 bridgehead atoms. The molecular formula is C56H58N2. The topological polar surface area (TPSA) is 6.48 Å². The van der Waals surface area contributed by atoms with Crippen LogP contribution in [-0.2, 0) is 10.8 Å². The Balaban J connectivity index is 0.985. The Morgan fingerprint density at radius 3 is 2.29 bits per heavy atom. The van der Waals surface area contributed by atoms with Crippen molar-refractivity contribution in [1.82, 2.24) is 0 Å². The molecule has 0 spiro atoms. The average molecular weight is 759 g/mol. The van der Waals surface area contributed by atoms with Crippen LogP contribution < -0.4 is 9.80 Å². The van der Waals surface area contributed by atoms with E-state index in [1.54, 1.807) is 16.7 Å². The van der Waals surface area contributed by atoms with Gasteiger partial charge in [0, 0.05) is 45.8 Å². The highest BCUT2D eigenvalue weighted by Gasteiger charge is 2.50. The molecule has 1 aliphatic heterocycles. The van der Waals surface area contributed by atoms with Gasteiger partial charge in [0.2, 0.25) is 0 Å². The summed E-state index contributed by atoms with van der Waals surface area (Å²) in [5, 5.41) is 0. The van der Waals surface area contributed by atoms with Gasteiger partial charge in [-0.1, -0.05) is 139 Å². The van der Waals surface area contributed by atoms with Crippen LogP contribution in [0.5, 0.6) is 0 Å². The fraction of sp³-hybridized carbons (Fsp3) is 0.357.